The Morgan fingerprint density at radius 1 is 1.31 bits per heavy atom. The summed E-state index contributed by atoms with van der Waals surface area (Å²) in [5.41, 5.74) is 0. The van der Waals surface area contributed by atoms with E-state index in [2.05, 4.69) is 10.6 Å². The maximum Gasteiger partial charge on any atom is 0.233 e. The van der Waals surface area contributed by atoms with Crippen molar-refractivity contribution in [1.29, 1.82) is 0 Å². The number of carbonyl (C=O) groups is 1. The third-order valence-electron chi connectivity index (χ3n) is 4.06. The van der Waals surface area contributed by atoms with E-state index in [1.807, 2.05) is 0 Å². The number of rotatable bonds is 5. The van der Waals surface area contributed by atoms with Crippen molar-refractivity contribution in [2.24, 2.45) is 17.8 Å². The second kappa shape index (κ2) is 6.45. The van der Waals surface area contributed by atoms with E-state index in [4.69, 9.17) is 0 Å². The summed E-state index contributed by atoms with van der Waals surface area (Å²) >= 11 is 0. The topological polar surface area (TPSA) is 41.1 Å². The Morgan fingerprint density at radius 3 is 2.69 bits per heavy atom. The number of nitrogens with one attached hydrogen (secondary N) is 2. The van der Waals surface area contributed by atoms with Crippen LogP contribution in [-0.2, 0) is 4.79 Å². The van der Waals surface area contributed by atoms with Crippen molar-refractivity contribution >= 4 is 18.3 Å². The van der Waals surface area contributed by atoms with E-state index in [1.54, 1.807) is 7.05 Å². The Kier molecular flexibility index (Phi) is 5.56. The molecular formula is C12H23ClN2O. The second-order valence-electron chi connectivity index (χ2n) is 5.10. The summed E-state index contributed by atoms with van der Waals surface area (Å²) in [6.45, 7) is 1.31. The molecule has 2 N–H and O–H groups in total. The van der Waals surface area contributed by atoms with Crippen LogP contribution in [0.4, 0.5) is 0 Å². The molecule has 4 heteroatoms. The highest BCUT2D eigenvalue weighted by atomic mass is 35.5. The van der Waals surface area contributed by atoms with Crippen molar-refractivity contribution in [3.05, 3.63) is 0 Å². The van der Waals surface area contributed by atoms with Crippen molar-refractivity contribution in [2.45, 2.75) is 32.1 Å². The maximum absolute atomic E-state index is 11.2. The zero-order chi connectivity index (χ0) is 10.7. The number of halogens is 1. The smallest absolute Gasteiger partial charge is 0.233 e. The number of carbonyl (C=O) groups excluding carboxylic acids is 1. The zero-order valence-electron chi connectivity index (χ0n) is 10.00. The molecule has 0 saturated heterocycles. The van der Waals surface area contributed by atoms with Gasteiger partial charge in [0.25, 0.3) is 0 Å². The molecule has 0 radical (unpaired) electrons. The van der Waals surface area contributed by atoms with Crippen molar-refractivity contribution < 1.29 is 4.79 Å². The van der Waals surface area contributed by atoms with Gasteiger partial charge in [-0.2, -0.15) is 0 Å². The highest BCUT2D eigenvalue weighted by Crippen LogP contribution is 2.49. The van der Waals surface area contributed by atoms with Crippen LogP contribution in [0.3, 0.4) is 0 Å². The minimum atomic E-state index is 0. The third-order valence-corrected chi connectivity index (χ3v) is 4.06. The second-order valence-corrected chi connectivity index (χ2v) is 5.10. The van der Waals surface area contributed by atoms with E-state index < -0.39 is 0 Å². The molecule has 2 rings (SSSR count). The first kappa shape index (κ1) is 13.8. The molecule has 3 nitrogen and oxygen atoms in total. The predicted molar refractivity (Wildman–Crippen MR) is 67.7 cm³/mol. The SMILES string of the molecule is CNCC(=O)NCCC1CC2CCC1C2.Cl. The van der Waals surface area contributed by atoms with Gasteiger partial charge in [0.2, 0.25) is 5.91 Å². The molecule has 3 atom stereocenters. The summed E-state index contributed by atoms with van der Waals surface area (Å²) in [5, 5.41) is 5.83. The first-order valence-corrected chi connectivity index (χ1v) is 6.21. The van der Waals surface area contributed by atoms with Gasteiger partial charge in [-0.3, -0.25) is 4.79 Å². The largest absolute Gasteiger partial charge is 0.355 e. The van der Waals surface area contributed by atoms with E-state index in [9.17, 15) is 4.79 Å². The molecule has 0 aliphatic heterocycles. The minimum absolute atomic E-state index is 0. The van der Waals surface area contributed by atoms with Crippen molar-refractivity contribution in [2.75, 3.05) is 20.1 Å². The molecule has 0 aromatic carbocycles. The average Bonchev–Trinajstić information content (AvgIpc) is 2.79. The standard InChI is InChI=1S/C12H22N2O.ClH/c1-13-8-12(15)14-5-4-11-7-9-2-3-10(11)6-9;/h9-11,13H,2-8H2,1H3,(H,14,15);1H. The lowest BCUT2D eigenvalue weighted by Gasteiger charge is -2.21. The minimum Gasteiger partial charge on any atom is -0.355 e. The van der Waals surface area contributed by atoms with Gasteiger partial charge in [-0.1, -0.05) is 6.42 Å². The van der Waals surface area contributed by atoms with Crippen LogP contribution in [0.25, 0.3) is 0 Å². The molecule has 2 fully saturated rings. The van der Waals surface area contributed by atoms with Gasteiger partial charge < -0.3 is 10.6 Å². The van der Waals surface area contributed by atoms with E-state index in [0.29, 0.717) is 6.54 Å². The summed E-state index contributed by atoms with van der Waals surface area (Å²) in [7, 11) is 1.80. The number of fused-ring (bicyclic) bond motifs is 2. The normalized spacial score (nSPS) is 31.2. The summed E-state index contributed by atoms with van der Waals surface area (Å²) in [4.78, 5) is 11.2. The first-order valence-electron chi connectivity index (χ1n) is 6.21. The van der Waals surface area contributed by atoms with Gasteiger partial charge in [-0.05, 0) is 50.5 Å². The molecule has 0 aromatic rings. The molecular weight excluding hydrogens is 224 g/mol. The van der Waals surface area contributed by atoms with Gasteiger partial charge >= 0.3 is 0 Å². The fraction of sp³-hybridized carbons (Fsp3) is 0.917. The highest BCUT2D eigenvalue weighted by molar-refractivity contribution is 5.85. The van der Waals surface area contributed by atoms with Gasteiger partial charge in [-0.15, -0.1) is 12.4 Å². The summed E-state index contributed by atoms with van der Waals surface area (Å²) in [6.07, 6.45) is 6.99. The Bertz CT molecular complexity index is 235. The first-order chi connectivity index (χ1) is 7.29. The van der Waals surface area contributed by atoms with E-state index >= 15 is 0 Å². The van der Waals surface area contributed by atoms with Crippen LogP contribution in [0, 0.1) is 17.8 Å². The molecule has 0 aromatic heterocycles. The molecule has 2 saturated carbocycles. The number of likely N-dealkylation sites (N-methyl/N-ethyl adjacent to an activating group) is 1. The van der Waals surface area contributed by atoms with Crippen LogP contribution in [0.15, 0.2) is 0 Å². The predicted octanol–water partition coefficient (Wildman–Crippen LogP) is 1.57. The molecule has 2 aliphatic carbocycles. The quantitative estimate of drug-likeness (QED) is 0.773. The molecule has 3 unspecified atom stereocenters. The Hall–Kier alpha value is -0.280. The van der Waals surface area contributed by atoms with Crippen LogP contribution >= 0.6 is 12.4 Å². The van der Waals surface area contributed by atoms with Crippen LogP contribution in [0.2, 0.25) is 0 Å². The van der Waals surface area contributed by atoms with Gasteiger partial charge in [0.1, 0.15) is 0 Å². The lowest BCUT2D eigenvalue weighted by molar-refractivity contribution is -0.120. The molecule has 2 bridgehead atoms. The zero-order valence-corrected chi connectivity index (χ0v) is 10.8. The molecule has 1 amide bonds. The van der Waals surface area contributed by atoms with Crippen molar-refractivity contribution in [3.8, 4) is 0 Å². The number of hydrogen-bond donors (Lipinski definition) is 2. The lowest BCUT2D eigenvalue weighted by atomic mass is 9.86. The summed E-state index contributed by atoms with van der Waals surface area (Å²) in [5.74, 6) is 3.03. The van der Waals surface area contributed by atoms with Crippen LogP contribution in [0.5, 0.6) is 0 Å². The van der Waals surface area contributed by atoms with Crippen molar-refractivity contribution in [1.82, 2.24) is 10.6 Å². The Morgan fingerprint density at radius 2 is 2.12 bits per heavy atom. The molecule has 16 heavy (non-hydrogen) atoms. The van der Waals surface area contributed by atoms with E-state index in [-0.39, 0.29) is 18.3 Å². The molecule has 94 valence electrons. The third kappa shape index (κ3) is 3.36. The monoisotopic (exact) mass is 246 g/mol. The average molecular weight is 247 g/mol. The van der Waals surface area contributed by atoms with Gasteiger partial charge in [-0.25, -0.2) is 0 Å². The van der Waals surface area contributed by atoms with Gasteiger partial charge in [0.05, 0.1) is 6.54 Å². The summed E-state index contributed by atoms with van der Waals surface area (Å²) < 4.78 is 0. The summed E-state index contributed by atoms with van der Waals surface area (Å²) in [6, 6.07) is 0. The van der Waals surface area contributed by atoms with Gasteiger partial charge in [0, 0.05) is 6.54 Å². The fourth-order valence-corrected chi connectivity index (χ4v) is 3.35. The van der Waals surface area contributed by atoms with Crippen LogP contribution in [-0.4, -0.2) is 26.0 Å². The molecule has 0 spiro atoms. The maximum atomic E-state index is 11.2. The van der Waals surface area contributed by atoms with E-state index in [0.717, 1.165) is 24.3 Å². The highest BCUT2D eigenvalue weighted by Gasteiger charge is 2.38. The molecule has 0 heterocycles. The molecule has 2 aliphatic rings. The van der Waals surface area contributed by atoms with E-state index in [1.165, 1.54) is 32.1 Å². The van der Waals surface area contributed by atoms with Gasteiger partial charge in [0.15, 0.2) is 0 Å². The number of hydrogen-bond acceptors (Lipinski definition) is 2. The van der Waals surface area contributed by atoms with Crippen LogP contribution < -0.4 is 10.6 Å². The lowest BCUT2D eigenvalue weighted by Crippen LogP contribution is -2.33. The Labute approximate surface area is 104 Å². The Balaban J connectivity index is 0.00000128. The fourth-order valence-electron chi connectivity index (χ4n) is 3.35. The van der Waals surface area contributed by atoms with Crippen LogP contribution in [0.1, 0.15) is 32.1 Å². The number of amides is 1. The van der Waals surface area contributed by atoms with Crippen molar-refractivity contribution in [3.63, 3.8) is 0 Å².